The molecule has 124 valence electrons. The molecule has 1 aliphatic rings. The first kappa shape index (κ1) is 14.8. The Labute approximate surface area is 138 Å². The minimum Gasteiger partial charge on any atom is -0.386 e. The van der Waals surface area contributed by atoms with Crippen LogP contribution in [-0.4, -0.2) is 59.4 Å². The standard InChI is InChI=1S/C16H18N6O2/c23-15(10-22-14-4-2-1-3-13(14)9-18-22)20-7-5-16(24,11-20)12-21-8-6-17-19-21/h1-4,6,8-9,24H,5,7,10-12H2. The Bertz CT molecular complexity index is 858. The van der Waals surface area contributed by atoms with Gasteiger partial charge in [-0.25, -0.2) is 4.68 Å². The summed E-state index contributed by atoms with van der Waals surface area (Å²) in [6.45, 7) is 1.34. The van der Waals surface area contributed by atoms with Crippen LogP contribution >= 0.6 is 0 Å². The Kier molecular flexibility index (Phi) is 3.53. The van der Waals surface area contributed by atoms with Gasteiger partial charge in [0.1, 0.15) is 12.1 Å². The van der Waals surface area contributed by atoms with Gasteiger partial charge in [-0.05, 0) is 12.5 Å². The molecular formula is C16H18N6O2. The second-order valence-corrected chi connectivity index (χ2v) is 6.25. The maximum atomic E-state index is 12.6. The molecular weight excluding hydrogens is 308 g/mol. The van der Waals surface area contributed by atoms with E-state index in [9.17, 15) is 9.90 Å². The van der Waals surface area contributed by atoms with E-state index in [1.165, 1.54) is 0 Å². The highest BCUT2D eigenvalue weighted by Gasteiger charge is 2.38. The van der Waals surface area contributed by atoms with E-state index in [1.54, 1.807) is 32.9 Å². The molecule has 8 heteroatoms. The van der Waals surface area contributed by atoms with Crippen LogP contribution in [-0.2, 0) is 17.9 Å². The van der Waals surface area contributed by atoms with E-state index in [4.69, 9.17) is 0 Å². The van der Waals surface area contributed by atoms with E-state index >= 15 is 0 Å². The lowest BCUT2D eigenvalue weighted by Gasteiger charge is -2.23. The van der Waals surface area contributed by atoms with Gasteiger partial charge in [0.15, 0.2) is 0 Å². The molecule has 1 N–H and O–H groups in total. The van der Waals surface area contributed by atoms with Gasteiger partial charge in [0.25, 0.3) is 0 Å². The molecule has 24 heavy (non-hydrogen) atoms. The molecule has 1 aliphatic heterocycles. The fourth-order valence-electron chi connectivity index (χ4n) is 3.20. The van der Waals surface area contributed by atoms with Gasteiger partial charge in [0.05, 0.1) is 31.0 Å². The lowest BCUT2D eigenvalue weighted by Crippen LogP contribution is -2.40. The number of β-amino-alcohol motifs (C(OH)–C–C–N with tert-alkyl or cyclic N) is 1. The summed E-state index contributed by atoms with van der Waals surface area (Å²) in [5.74, 6) is -0.0432. The van der Waals surface area contributed by atoms with E-state index < -0.39 is 5.60 Å². The van der Waals surface area contributed by atoms with Gasteiger partial charge in [0, 0.05) is 18.1 Å². The zero-order chi connectivity index (χ0) is 16.6. The topological polar surface area (TPSA) is 89.1 Å². The fraction of sp³-hybridized carbons (Fsp3) is 0.375. The smallest absolute Gasteiger partial charge is 0.244 e. The average Bonchev–Trinajstić information content (AvgIpc) is 3.29. The third kappa shape index (κ3) is 2.76. The van der Waals surface area contributed by atoms with Crippen LogP contribution in [0.2, 0.25) is 0 Å². The molecule has 1 atom stereocenters. The first-order valence-electron chi connectivity index (χ1n) is 7.88. The van der Waals surface area contributed by atoms with Crippen LogP contribution in [0.3, 0.4) is 0 Å². The van der Waals surface area contributed by atoms with Gasteiger partial charge < -0.3 is 10.0 Å². The van der Waals surface area contributed by atoms with Gasteiger partial charge >= 0.3 is 0 Å². The monoisotopic (exact) mass is 326 g/mol. The second-order valence-electron chi connectivity index (χ2n) is 6.25. The van der Waals surface area contributed by atoms with Gasteiger partial charge in [-0.1, -0.05) is 23.4 Å². The largest absolute Gasteiger partial charge is 0.386 e. The molecule has 0 bridgehead atoms. The van der Waals surface area contributed by atoms with Crippen LogP contribution in [0, 0.1) is 0 Å². The summed E-state index contributed by atoms with van der Waals surface area (Å²) in [5, 5.41) is 23.6. The zero-order valence-corrected chi connectivity index (χ0v) is 13.1. The second kappa shape index (κ2) is 5.72. The maximum Gasteiger partial charge on any atom is 0.244 e. The molecule has 0 saturated carbocycles. The number of benzene rings is 1. The lowest BCUT2D eigenvalue weighted by molar-refractivity contribution is -0.132. The van der Waals surface area contributed by atoms with Crippen LogP contribution in [0.4, 0.5) is 0 Å². The minimum atomic E-state index is -0.963. The van der Waals surface area contributed by atoms with Gasteiger partial charge in [-0.2, -0.15) is 5.10 Å². The number of aliphatic hydroxyl groups is 1. The van der Waals surface area contributed by atoms with Gasteiger partial charge in [-0.15, -0.1) is 5.10 Å². The number of fused-ring (bicyclic) bond motifs is 1. The van der Waals surface area contributed by atoms with E-state index in [0.29, 0.717) is 26.1 Å². The number of para-hydroxylation sites is 1. The van der Waals surface area contributed by atoms with Crippen LogP contribution < -0.4 is 0 Å². The van der Waals surface area contributed by atoms with Crippen molar-refractivity contribution in [2.75, 3.05) is 13.1 Å². The Balaban J connectivity index is 1.44. The van der Waals surface area contributed by atoms with E-state index in [1.807, 2.05) is 24.3 Å². The zero-order valence-electron chi connectivity index (χ0n) is 13.1. The third-order valence-corrected chi connectivity index (χ3v) is 4.45. The molecule has 1 fully saturated rings. The maximum absolute atomic E-state index is 12.6. The molecule has 0 aliphatic carbocycles. The first-order valence-corrected chi connectivity index (χ1v) is 7.88. The summed E-state index contributed by atoms with van der Waals surface area (Å²) in [6, 6.07) is 7.79. The SMILES string of the molecule is O=C(Cn1ncc2ccccc21)N1CCC(O)(Cn2ccnn2)C1. The molecule has 1 amide bonds. The normalized spacial score (nSPS) is 20.8. The number of carbonyl (C=O) groups is 1. The first-order chi connectivity index (χ1) is 11.6. The van der Waals surface area contributed by atoms with Crippen molar-refractivity contribution in [2.45, 2.75) is 25.1 Å². The van der Waals surface area contributed by atoms with Crippen molar-refractivity contribution in [3.05, 3.63) is 42.9 Å². The van der Waals surface area contributed by atoms with Crippen molar-refractivity contribution >= 4 is 16.8 Å². The summed E-state index contributed by atoms with van der Waals surface area (Å²) in [4.78, 5) is 14.3. The quantitative estimate of drug-likeness (QED) is 0.744. The van der Waals surface area contributed by atoms with Crippen molar-refractivity contribution in [3.8, 4) is 0 Å². The molecule has 3 heterocycles. The number of rotatable bonds is 4. The average molecular weight is 326 g/mol. The summed E-state index contributed by atoms with van der Waals surface area (Å²) in [7, 11) is 0. The predicted octanol–water partition coefficient (Wildman–Crippen LogP) is 0.291. The van der Waals surface area contributed by atoms with Crippen LogP contribution in [0.15, 0.2) is 42.9 Å². The van der Waals surface area contributed by atoms with Gasteiger partial charge in [0.2, 0.25) is 5.91 Å². The number of nitrogens with zero attached hydrogens (tertiary/aromatic N) is 6. The summed E-state index contributed by atoms with van der Waals surface area (Å²) >= 11 is 0. The Hall–Kier alpha value is -2.74. The van der Waals surface area contributed by atoms with Gasteiger partial charge in [-0.3, -0.25) is 9.48 Å². The van der Waals surface area contributed by atoms with E-state index in [2.05, 4.69) is 15.4 Å². The highest BCUT2D eigenvalue weighted by atomic mass is 16.3. The Morgan fingerprint density at radius 2 is 2.21 bits per heavy atom. The Morgan fingerprint density at radius 1 is 1.33 bits per heavy atom. The number of hydrogen-bond acceptors (Lipinski definition) is 5. The molecule has 0 radical (unpaired) electrons. The van der Waals surface area contributed by atoms with Crippen molar-refractivity contribution in [1.82, 2.24) is 29.7 Å². The number of likely N-dealkylation sites (tertiary alicyclic amines) is 1. The van der Waals surface area contributed by atoms with Crippen molar-refractivity contribution in [3.63, 3.8) is 0 Å². The molecule has 2 aromatic heterocycles. The number of aromatic nitrogens is 5. The van der Waals surface area contributed by atoms with Crippen molar-refractivity contribution < 1.29 is 9.90 Å². The number of hydrogen-bond donors (Lipinski definition) is 1. The molecule has 4 rings (SSSR count). The molecule has 8 nitrogen and oxygen atoms in total. The number of amides is 1. The Morgan fingerprint density at radius 3 is 3.04 bits per heavy atom. The summed E-state index contributed by atoms with van der Waals surface area (Å²) in [5.41, 5.74) is -0.0295. The third-order valence-electron chi connectivity index (χ3n) is 4.45. The van der Waals surface area contributed by atoms with Crippen LogP contribution in [0.1, 0.15) is 6.42 Å². The number of carbonyl (C=O) groups excluding carboxylic acids is 1. The predicted molar refractivity (Wildman–Crippen MR) is 85.9 cm³/mol. The molecule has 1 saturated heterocycles. The lowest BCUT2D eigenvalue weighted by atomic mass is 10.0. The van der Waals surface area contributed by atoms with Crippen molar-refractivity contribution in [1.29, 1.82) is 0 Å². The summed E-state index contributed by atoms with van der Waals surface area (Å²) in [6.07, 6.45) is 5.56. The molecule has 0 spiro atoms. The molecule has 3 aromatic rings. The molecule has 1 unspecified atom stereocenters. The van der Waals surface area contributed by atoms with E-state index in [-0.39, 0.29) is 12.5 Å². The van der Waals surface area contributed by atoms with E-state index in [0.717, 1.165) is 10.9 Å². The van der Waals surface area contributed by atoms with Crippen LogP contribution in [0.5, 0.6) is 0 Å². The minimum absolute atomic E-state index is 0.0432. The summed E-state index contributed by atoms with van der Waals surface area (Å²) < 4.78 is 3.29. The van der Waals surface area contributed by atoms with Crippen molar-refractivity contribution in [2.24, 2.45) is 0 Å². The molecule has 1 aromatic carbocycles. The highest BCUT2D eigenvalue weighted by molar-refractivity contribution is 5.82. The highest BCUT2D eigenvalue weighted by Crippen LogP contribution is 2.23. The fourth-order valence-corrected chi connectivity index (χ4v) is 3.20. The van der Waals surface area contributed by atoms with Crippen LogP contribution in [0.25, 0.3) is 10.9 Å².